The first-order valence-electron chi connectivity index (χ1n) is 7.56. The maximum atomic E-state index is 12.4. The van der Waals surface area contributed by atoms with Gasteiger partial charge in [0, 0.05) is 18.7 Å². The van der Waals surface area contributed by atoms with Crippen molar-refractivity contribution in [3.05, 3.63) is 51.0 Å². The van der Waals surface area contributed by atoms with Crippen molar-refractivity contribution in [1.82, 2.24) is 0 Å². The van der Waals surface area contributed by atoms with Crippen molar-refractivity contribution in [3.63, 3.8) is 0 Å². The second-order valence-corrected chi connectivity index (χ2v) is 6.89. The van der Waals surface area contributed by atoms with Crippen LogP contribution in [0.3, 0.4) is 0 Å². The standard InChI is InChI=1S/C17H16Cl3N3O/c18-11-4-3-10(7-12(11)19)17(24)22-15-9-16(14(21)8-13(15)20)23-5-1-2-6-23/h3-4,7-9H,1-2,5-6,21H2,(H,22,24). The number of amides is 1. The minimum absolute atomic E-state index is 0.312. The lowest BCUT2D eigenvalue weighted by Gasteiger charge is -2.21. The molecule has 0 radical (unpaired) electrons. The largest absolute Gasteiger partial charge is 0.397 e. The molecule has 1 fully saturated rings. The third kappa shape index (κ3) is 3.56. The van der Waals surface area contributed by atoms with Crippen LogP contribution < -0.4 is 16.0 Å². The van der Waals surface area contributed by atoms with Crippen LogP contribution in [-0.4, -0.2) is 19.0 Å². The molecule has 1 amide bonds. The summed E-state index contributed by atoms with van der Waals surface area (Å²) in [4.78, 5) is 14.6. The lowest BCUT2D eigenvalue weighted by molar-refractivity contribution is 0.102. The number of nitrogens with one attached hydrogen (secondary N) is 1. The topological polar surface area (TPSA) is 58.4 Å². The molecule has 0 aromatic heterocycles. The van der Waals surface area contributed by atoms with Gasteiger partial charge in [0.2, 0.25) is 0 Å². The Morgan fingerprint density at radius 3 is 2.38 bits per heavy atom. The molecule has 1 saturated heterocycles. The summed E-state index contributed by atoms with van der Waals surface area (Å²) in [5.41, 5.74) is 8.49. The van der Waals surface area contributed by atoms with Crippen molar-refractivity contribution in [1.29, 1.82) is 0 Å². The first kappa shape index (κ1) is 17.2. The van der Waals surface area contributed by atoms with Gasteiger partial charge in [-0.15, -0.1) is 0 Å². The first-order valence-corrected chi connectivity index (χ1v) is 8.69. The summed E-state index contributed by atoms with van der Waals surface area (Å²) in [6, 6.07) is 8.19. The fraction of sp³-hybridized carbons (Fsp3) is 0.235. The number of halogens is 3. The van der Waals surface area contributed by atoms with Gasteiger partial charge in [0.05, 0.1) is 32.1 Å². The lowest BCUT2D eigenvalue weighted by atomic mass is 10.2. The Hall–Kier alpha value is -1.62. The molecular weight excluding hydrogens is 369 g/mol. The summed E-state index contributed by atoms with van der Waals surface area (Å²) in [6.07, 6.45) is 2.26. The number of hydrogen-bond donors (Lipinski definition) is 2. The quantitative estimate of drug-likeness (QED) is 0.725. The number of carbonyl (C=O) groups excluding carboxylic acids is 1. The molecule has 126 valence electrons. The highest BCUT2D eigenvalue weighted by atomic mass is 35.5. The smallest absolute Gasteiger partial charge is 0.255 e. The highest BCUT2D eigenvalue weighted by molar-refractivity contribution is 6.42. The molecule has 3 N–H and O–H groups in total. The van der Waals surface area contributed by atoms with E-state index in [4.69, 9.17) is 40.5 Å². The van der Waals surface area contributed by atoms with E-state index in [1.165, 1.54) is 6.07 Å². The number of anilines is 3. The van der Waals surface area contributed by atoms with Crippen LogP contribution in [0.5, 0.6) is 0 Å². The van der Waals surface area contributed by atoms with E-state index >= 15 is 0 Å². The van der Waals surface area contributed by atoms with Gasteiger partial charge in [0.15, 0.2) is 0 Å². The van der Waals surface area contributed by atoms with E-state index in [-0.39, 0.29) is 5.91 Å². The van der Waals surface area contributed by atoms with Crippen molar-refractivity contribution in [2.24, 2.45) is 0 Å². The van der Waals surface area contributed by atoms with Gasteiger partial charge < -0.3 is 16.0 Å². The van der Waals surface area contributed by atoms with Gasteiger partial charge in [0.25, 0.3) is 5.91 Å². The average Bonchev–Trinajstić information content (AvgIpc) is 3.06. The van der Waals surface area contributed by atoms with Crippen molar-refractivity contribution < 1.29 is 4.79 Å². The molecule has 0 bridgehead atoms. The summed E-state index contributed by atoms with van der Waals surface area (Å²) in [5.74, 6) is -0.312. The van der Waals surface area contributed by atoms with Gasteiger partial charge in [0.1, 0.15) is 0 Å². The van der Waals surface area contributed by atoms with Crippen LogP contribution in [0.1, 0.15) is 23.2 Å². The second-order valence-electron chi connectivity index (χ2n) is 5.67. The van der Waals surface area contributed by atoms with Crippen molar-refractivity contribution in [2.75, 3.05) is 29.0 Å². The van der Waals surface area contributed by atoms with E-state index in [1.807, 2.05) is 6.07 Å². The minimum atomic E-state index is -0.312. The van der Waals surface area contributed by atoms with E-state index in [1.54, 1.807) is 18.2 Å². The van der Waals surface area contributed by atoms with E-state index in [9.17, 15) is 4.79 Å². The highest BCUT2D eigenvalue weighted by Crippen LogP contribution is 2.35. The second kappa shape index (κ2) is 7.09. The summed E-state index contributed by atoms with van der Waals surface area (Å²) in [7, 11) is 0. The monoisotopic (exact) mass is 383 g/mol. The van der Waals surface area contributed by atoms with Crippen molar-refractivity contribution >= 4 is 57.8 Å². The average molecular weight is 385 g/mol. The Morgan fingerprint density at radius 1 is 1.00 bits per heavy atom. The van der Waals surface area contributed by atoms with Gasteiger partial charge in [-0.3, -0.25) is 4.79 Å². The lowest BCUT2D eigenvalue weighted by Crippen LogP contribution is -2.20. The van der Waals surface area contributed by atoms with Gasteiger partial charge in [-0.05, 0) is 43.2 Å². The van der Waals surface area contributed by atoms with Crippen LogP contribution in [0, 0.1) is 0 Å². The highest BCUT2D eigenvalue weighted by Gasteiger charge is 2.18. The maximum absolute atomic E-state index is 12.4. The van der Waals surface area contributed by atoms with Gasteiger partial charge >= 0.3 is 0 Å². The third-order valence-corrected chi connectivity index (χ3v) is 5.04. The third-order valence-electron chi connectivity index (χ3n) is 3.99. The zero-order valence-electron chi connectivity index (χ0n) is 12.8. The molecule has 0 aliphatic carbocycles. The Balaban J connectivity index is 1.87. The molecule has 0 spiro atoms. The number of nitrogens with zero attached hydrogens (tertiary/aromatic N) is 1. The molecular formula is C17H16Cl3N3O. The molecule has 0 unspecified atom stereocenters. The van der Waals surface area contributed by atoms with Crippen molar-refractivity contribution in [3.8, 4) is 0 Å². The molecule has 4 nitrogen and oxygen atoms in total. The molecule has 24 heavy (non-hydrogen) atoms. The SMILES string of the molecule is Nc1cc(Cl)c(NC(=O)c2ccc(Cl)c(Cl)c2)cc1N1CCCC1. The van der Waals surface area contributed by atoms with Crippen LogP contribution in [0.15, 0.2) is 30.3 Å². The zero-order valence-corrected chi connectivity index (χ0v) is 15.0. The summed E-state index contributed by atoms with van der Waals surface area (Å²) < 4.78 is 0. The number of rotatable bonds is 3. The Bertz CT molecular complexity index is 789. The number of nitrogen functional groups attached to an aromatic ring is 1. The van der Waals surface area contributed by atoms with E-state index in [0.29, 0.717) is 32.0 Å². The summed E-state index contributed by atoms with van der Waals surface area (Å²) >= 11 is 18.1. The van der Waals surface area contributed by atoms with Crippen LogP contribution >= 0.6 is 34.8 Å². The predicted molar refractivity (Wildman–Crippen MR) is 102 cm³/mol. The van der Waals surface area contributed by atoms with Crippen molar-refractivity contribution in [2.45, 2.75) is 12.8 Å². The molecule has 2 aromatic carbocycles. The normalized spacial score (nSPS) is 14.0. The summed E-state index contributed by atoms with van der Waals surface area (Å²) in [5, 5.41) is 3.92. The predicted octanol–water partition coefficient (Wildman–Crippen LogP) is 5.08. The number of benzene rings is 2. The molecule has 1 heterocycles. The van der Waals surface area contributed by atoms with E-state index in [0.717, 1.165) is 31.6 Å². The fourth-order valence-electron chi connectivity index (χ4n) is 2.74. The van der Waals surface area contributed by atoms with E-state index < -0.39 is 0 Å². The van der Waals surface area contributed by atoms with Gasteiger partial charge in [-0.2, -0.15) is 0 Å². The van der Waals surface area contributed by atoms with Crippen LogP contribution in [0.25, 0.3) is 0 Å². The molecule has 2 aromatic rings. The Labute approximate surface area is 155 Å². The number of nitrogens with two attached hydrogens (primary N) is 1. The van der Waals surface area contributed by atoms with Gasteiger partial charge in [-0.25, -0.2) is 0 Å². The minimum Gasteiger partial charge on any atom is -0.397 e. The molecule has 0 atom stereocenters. The van der Waals surface area contributed by atoms with Crippen LogP contribution in [0.4, 0.5) is 17.1 Å². The molecule has 7 heteroatoms. The number of hydrogen-bond acceptors (Lipinski definition) is 3. The molecule has 3 rings (SSSR count). The van der Waals surface area contributed by atoms with Crippen LogP contribution in [-0.2, 0) is 0 Å². The first-order chi connectivity index (χ1) is 11.5. The fourth-order valence-corrected chi connectivity index (χ4v) is 3.25. The molecule has 0 saturated carbocycles. The maximum Gasteiger partial charge on any atom is 0.255 e. The van der Waals surface area contributed by atoms with Gasteiger partial charge in [-0.1, -0.05) is 34.8 Å². The van der Waals surface area contributed by atoms with E-state index in [2.05, 4.69) is 10.2 Å². The number of carbonyl (C=O) groups is 1. The summed E-state index contributed by atoms with van der Waals surface area (Å²) in [6.45, 7) is 1.90. The molecule has 1 aliphatic rings. The molecule has 1 aliphatic heterocycles. The zero-order chi connectivity index (χ0) is 17.3. The Morgan fingerprint density at radius 2 is 1.71 bits per heavy atom. The van der Waals surface area contributed by atoms with Crippen LogP contribution in [0.2, 0.25) is 15.1 Å². The Kier molecular flexibility index (Phi) is 5.09.